The molecule has 0 aliphatic carbocycles. The van der Waals surface area contributed by atoms with E-state index in [4.69, 9.17) is 32.7 Å². The van der Waals surface area contributed by atoms with E-state index in [0.29, 0.717) is 23.2 Å². The van der Waals surface area contributed by atoms with E-state index < -0.39 is 17.9 Å². The Morgan fingerprint density at radius 3 is 2.75 bits per heavy atom. The quantitative estimate of drug-likeness (QED) is 0.640. The van der Waals surface area contributed by atoms with Gasteiger partial charge in [-0.1, -0.05) is 37.0 Å². The van der Waals surface area contributed by atoms with Gasteiger partial charge in [0.2, 0.25) is 5.91 Å². The zero-order valence-corrected chi connectivity index (χ0v) is 17.4. The van der Waals surface area contributed by atoms with Gasteiger partial charge in [0.1, 0.15) is 11.8 Å². The average molecular weight is 431 g/mol. The second kappa shape index (κ2) is 10.5. The van der Waals surface area contributed by atoms with Crippen LogP contribution in [0.4, 0.5) is 0 Å². The van der Waals surface area contributed by atoms with Crippen LogP contribution in [0, 0.1) is 5.92 Å². The van der Waals surface area contributed by atoms with Crippen molar-refractivity contribution < 1.29 is 23.9 Å². The second-order valence-electron chi connectivity index (χ2n) is 6.86. The van der Waals surface area contributed by atoms with Gasteiger partial charge in [0.15, 0.2) is 6.61 Å². The zero-order chi connectivity index (χ0) is 20.7. The molecule has 0 radical (unpaired) electrons. The first-order valence-electron chi connectivity index (χ1n) is 9.08. The predicted octanol–water partition coefficient (Wildman–Crippen LogP) is 2.68. The molecule has 1 heterocycles. The molecule has 154 valence electrons. The Hall–Kier alpha value is -1.99. The minimum atomic E-state index is -0.919. The number of nitrogens with zero attached hydrogens (tertiary/aromatic N) is 1. The first-order valence-corrected chi connectivity index (χ1v) is 9.84. The van der Waals surface area contributed by atoms with Crippen LogP contribution in [0.15, 0.2) is 18.2 Å². The molecule has 0 aromatic heterocycles. The maximum atomic E-state index is 12.6. The third-order valence-electron chi connectivity index (χ3n) is 4.21. The van der Waals surface area contributed by atoms with Crippen LogP contribution in [-0.2, 0) is 19.1 Å². The second-order valence-corrected chi connectivity index (χ2v) is 7.71. The number of halogens is 2. The molecule has 1 aromatic rings. The summed E-state index contributed by atoms with van der Waals surface area (Å²) in [6, 6.07) is 3.74. The SMILES string of the molecule is CC(C)CCOC(=O)CC1C(=O)NCCN1C(=O)COc1ccc(Cl)cc1Cl. The lowest BCUT2D eigenvalue weighted by molar-refractivity contribution is -0.152. The van der Waals surface area contributed by atoms with Crippen LogP contribution in [0.5, 0.6) is 5.75 Å². The van der Waals surface area contributed by atoms with Crippen LogP contribution in [-0.4, -0.2) is 55.0 Å². The summed E-state index contributed by atoms with van der Waals surface area (Å²) < 4.78 is 10.6. The van der Waals surface area contributed by atoms with Crippen molar-refractivity contribution in [1.29, 1.82) is 0 Å². The van der Waals surface area contributed by atoms with E-state index >= 15 is 0 Å². The van der Waals surface area contributed by atoms with Crippen molar-refractivity contribution in [3.05, 3.63) is 28.2 Å². The Morgan fingerprint density at radius 1 is 1.32 bits per heavy atom. The van der Waals surface area contributed by atoms with E-state index in [0.717, 1.165) is 6.42 Å². The summed E-state index contributed by atoms with van der Waals surface area (Å²) >= 11 is 11.9. The van der Waals surface area contributed by atoms with Gasteiger partial charge in [-0.25, -0.2) is 0 Å². The molecule has 9 heteroatoms. The molecule has 1 aliphatic rings. The zero-order valence-electron chi connectivity index (χ0n) is 15.9. The minimum Gasteiger partial charge on any atom is -0.482 e. The molecule has 2 amide bonds. The highest BCUT2D eigenvalue weighted by molar-refractivity contribution is 6.35. The Labute approximate surface area is 174 Å². The molecule has 1 atom stereocenters. The smallest absolute Gasteiger partial charge is 0.308 e. The van der Waals surface area contributed by atoms with Crippen LogP contribution in [0.2, 0.25) is 10.0 Å². The lowest BCUT2D eigenvalue weighted by Gasteiger charge is -2.34. The monoisotopic (exact) mass is 430 g/mol. The largest absolute Gasteiger partial charge is 0.482 e. The third-order valence-corrected chi connectivity index (χ3v) is 4.74. The molecule has 0 saturated carbocycles. The van der Waals surface area contributed by atoms with E-state index in [1.54, 1.807) is 12.1 Å². The lowest BCUT2D eigenvalue weighted by atomic mass is 10.1. The van der Waals surface area contributed by atoms with Crippen molar-refractivity contribution >= 4 is 41.0 Å². The number of amides is 2. The molecular formula is C19H24Cl2N2O5. The highest BCUT2D eigenvalue weighted by atomic mass is 35.5. The van der Waals surface area contributed by atoms with Gasteiger partial charge in [-0.3, -0.25) is 14.4 Å². The summed E-state index contributed by atoms with van der Waals surface area (Å²) in [5.74, 6) is -0.598. The van der Waals surface area contributed by atoms with Gasteiger partial charge in [0.25, 0.3) is 5.91 Å². The van der Waals surface area contributed by atoms with Gasteiger partial charge in [-0.05, 0) is 30.5 Å². The Morgan fingerprint density at radius 2 is 2.07 bits per heavy atom. The Balaban J connectivity index is 1.95. The van der Waals surface area contributed by atoms with E-state index in [1.807, 2.05) is 13.8 Å². The molecule has 1 saturated heterocycles. The summed E-state index contributed by atoms with van der Waals surface area (Å²) in [4.78, 5) is 38.2. The third kappa shape index (κ3) is 6.56. The molecular weight excluding hydrogens is 407 g/mol. The normalized spacial score (nSPS) is 16.7. The van der Waals surface area contributed by atoms with Crippen LogP contribution in [0.1, 0.15) is 26.7 Å². The van der Waals surface area contributed by atoms with Crippen molar-refractivity contribution in [3.8, 4) is 5.75 Å². The van der Waals surface area contributed by atoms with Crippen LogP contribution >= 0.6 is 23.2 Å². The number of ether oxygens (including phenoxy) is 2. The van der Waals surface area contributed by atoms with Gasteiger partial charge in [-0.2, -0.15) is 0 Å². The molecule has 0 spiro atoms. The van der Waals surface area contributed by atoms with Gasteiger partial charge >= 0.3 is 5.97 Å². The fourth-order valence-corrected chi connectivity index (χ4v) is 3.12. The average Bonchev–Trinajstić information content (AvgIpc) is 2.62. The van der Waals surface area contributed by atoms with E-state index in [9.17, 15) is 14.4 Å². The van der Waals surface area contributed by atoms with Crippen LogP contribution < -0.4 is 10.1 Å². The van der Waals surface area contributed by atoms with Crippen molar-refractivity contribution in [2.45, 2.75) is 32.7 Å². The van der Waals surface area contributed by atoms with E-state index in [-0.39, 0.29) is 37.1 Å². The fourth-order valence-electron chi connectivity index (χ4n) is 2.66. The lowest BCUT2D eigenvalue weighted by Crippen LogP contribution is -2.58. The summed E-state index contributed by atoms with van der Waals surface area (Å²) in [5.41, 5.74) is 0. The summed E-state index contributed by atoms with van der Waals surface area (Å²) in [7, 11) is 0. The molecule has 28 heavy (non-hydrogen) atoms. The maximum Gasteiger partial charge on any atom is 0.308 e. The topological polar surface area (TPSA) is 84.9 Å². The minimum absolute atomic E-state index is 0.197. The van der Waals surface area contributed by atoms with Crippen molar-refractivity contribution in [2.75, 3.05) is 26.3 Å². The molecule has 1 aliphatic heterocycles. The van der Waals surface area contributed by atoms with Crippen molar-refractivity contribution in [2.24, 2.45) is 5.92 Å². The maximum absolute atomic E-state index is 12.6. The molecule has 1 unspecified atom stereocenters. The Kier molecular flexibility index (Phi) is 8.38. The van der Waals surface area contributed by atoms with Gasteiger partial charge < -0.3 is 19.7 Å². The van der Waals surface area contributed by atoms with Crippen LogP contribution in [0.25, 0.3) is 0 Å². The number of carbonyl (C=O) groups is 3. The van der Waals surface area contributed by atoms with Gasteiger partial charge in [-0.15, -0.1) is 0 Å². The molecule has 1 N–H and O–H groups in total. The standard InChI is InChI=1S/C19H24Cl2N2O5/c1-12(2)5-8-27-18(25)10-15-19(26)22-6-7-23(15)17(24)11-28-16-4-3-13(20)9-14(16)21/h3-4,9,12,15H,5-8,10-11H2,1-2H3,(H,22,26). The van der Waals surface area contributed by atoms with Gasteiger partial charge in [0.05, 0.1) is 18.1 Å². The molecule has 0 bridgehead atoms. The molecule has 7 nitrogen and oxygen atoms in total. The first-order chi connectivity index (χ1) is 13.3. The molecule has 1 aromatic carbocycles. The fraction of sp³-hybridized carbons (Fsp3) is 0.526. The summed E-state index contributed by atoms with van der Waals surface area (Å²) in [6.45, 7) is 4.62. The van der Waals surface area contributed by atoms with E-state index in [2.05, 4.69) is 5.32 Å². The summed E-state index contributed by atoms with van der Waals surface area (Å²) in [5, 5.41) is 3.40. The first kappa shape index (κ1) is 22.3. The number of rotatable bonds is 8. The highest BCUT2D eigenvalue weighted by Crippen LogP contribution is 2.27. The van der Waals surface area contributed by atoms with Crippen molar-refractivity contribution in [1.82, 2.24) is 10.2 Å². The summed E-state index contributed by atoms with van der Waals surface area (Å²) in [6.07, 6.45) is 0.540. The van der Waals surface area contributed by atoms with Crippen LogP contribution in [0.3, 0.4) is 0 Å². The number of nitrogens with one attached hydrogen (secondary N) is 1. The number of carbonyl (C=O) groups excluding carboxylic acids is 3. The number of hydrogen-bond donors (Lipinski definition) is 1. The van der Waals surface area contributed by atoms with E-state index in [1.165, 1.54) is 11.0 Å². The number of hydrogen-bond acceptors (Lipinski definition) is 5. The number of benzene rings is 1. The highest BCUT2D eigenvalue weighted by Gasteiger charge is 2.35. The van der Waals surface area contributed by atoms with Gasteiger partial charge in [0, 0.05) is 18.1 Å². The van der Waals surface area contributed by atoms with Crippen molar-refractivity contribution in [3.63, 3.8) is 0 Å². The predicted molar refractivity (Wildman–Crippen MR) is 105 cm³/mol. The number of piperazine rings is 1. The Bertz CT molecular complexity index is 726. The number of esters is 1. The molecule has 1 fully saturated rings. The molecule has 2 rings (SSSR count).